The lowest BCUT2D eigenvalue weighted by Crippen LogP contribution is -2.42. The highest BCUT2D eigenvalue weighted by Gasteiger charge is 2.21. The third-order valence-corrected chi connectivity index (χ3v) is 4.45. The van der Waals surface area contributed by atoms with Crippen molar-refractivity contribution in [2.45, 2.75) is 92.2 Å². The van der Waals surface area contributed by atoms with E-state index in [0.717, 1.165) is 12.3 Å². The third kappa shape index (κ3) is 9.10. The van der Waals surface area contributed by atoms with Crippen LogP contribution in [0.5, 0.6) is 0 Å². The molecule has 1 heterocycles. The van der Waals surface area contributed by atoms with Crippen molar-refractivity contribution in [3.63, 3.8) is 0 Å². The van der Waals surface area contributed by atoms with Crippen molar-refractivity contribution in [1.29, 1.82) is 0 Å². The largest absolute Gasteiger partial charge is 0.295 e. The average molecular weight is 321 g/mol. The smallest absolute Gasteiger partial charge is 0.0569 e. The van der Waals surface area contributed by atoms with Crippen LogP contribution in [0.4, 0.5) is 0 Å². The van der Waals surface area contributed by atoms with Gasteiger partial charge in [-0.15, -0.1) is 0 Å². The molecule has 0 saturated carbocycles. The molecule has 23 heavy (non-hydrogen) atoms. The Morgan fingerprint density at radius 2 is 1.78 bits per heavy atom. The van der Waals surface area contributed by atoms with Crippen LogP contribution in [0.25, 0.3) is 0 Å². The van der Waals surface area contributed by atoms with Gasteiger partial charge < -0.3 is 0 Å². The Balaban J connectivity index is 0.00000232. The van der Waals surface area contributed by atoms with Crippen molar-refractivity contribution < 1.29 is 0 Å². The van der Waals surface area contributed by atoms with Crippen LogP contribution in [0, 0.1) is 5.92 Å². The fraction of sp³-hybridized carbons (Fsp3) is 0.762. The summed E-state index contributed by atoms with van der Waals surface area (Å²) in [6.07, 6.45) is 16.0. The first kappa shape index (κ1) is 22.1. The first-order valence-electron chi connectivity index (χ1n) is 9.67. The number of nitrogens with zero attached hydrogens (tertiary/aromatic N) is 2. The highest BCUT2D eigenvalue weighted by molar-refractivity contribution is 5.99. The molecule has 1 unspecified atom stereocenters. The van der Waals surface area contributed by atoms with Crippen LogP contribution in [-0.2, 0) is 0 Å². The normalized spacial score (nSPS) is 16.7. The summed E-state index contributed by atoms with van der Waals surface area (Å²) < 4.78 is 0. The summed E-state index contributed by atoms with van der Waals surface area (Å²) in [5.74, 6) is 0.814. The van der Waals surface area contributed by atoms with E-state index in [1.807, 2.05) is 20.0 Å². The quantitative estimate of drug-likeness (QED) is 0.491. The summed E-state index contributed by atoms with van der Waals surface area (Å²) >= 11 is 0. The van der Waals surface area contributed by atoms with Crippen LogP contribution >= 0.6 is 0 Å². The Kier molecular flexibility index (Phi) is 13.0. The molecule has 0 spiro atoms. The minimum atomic E-state index is 0.389. The lowest BCUT2D eigenvalue weighted by molar-refractivity contribution is 0.195. The Morgan fingerprint density at radius 1 is 1.09 bits per heavy atom. The Morgan fingerprint density at radius 3 is 2.39 bits per heavy atom. The standard InChI is InChI=1S/C19H34N2.C2H6/c1-6-11-18(13-10-12-16(2)3)21(5)17(4)19-14-8-7-9-15-20-19;1-2/h8-9,14-18H,6-7,10-13H2,1-5H3;1-2H3/t17?,18-;/m0./s1. The van der Waals surface area contributed by atoms with E-state index in [-0.39, 0.29) is 0 Å². The second-order valence-electron chi connectivity index (χ2n) is 6.69. The van der Waals surface area contributed by atoms with E-state index in [0.29, 0.717) is 12.1 Å². The summed E-state index contributed by atoms with van der Waals surface area (Å²) in [6.45, 7) is 13.2. The van der Waals surface area contributed by atoms with Crippen molar-refractivity contribution in [3.8, 4) is 0 Å². The summed E-state index contributed by atoms with van der Waals surface area (Å²) in [5.41, 5.74) is 1.19. The molecule has 2 nitrogen and oxygen atoms in total. The molecule has 0 saturated heterocycles. The highest BCUT2D eigenvalue weighted by atomic mass is 15.2. The highest BCUT2D eigenvalue weighted by Crippen LogP contribution is 2.19. The van der Waals surface area contributed by atoms with Gasteiger partial charge in [-0.1, -0.05) is 66.0 Å². The Labute approximate surface area is 145 Å². The molecule has 0 amide bonds. The van der Waals surface area contributed by atoms with Gasteiger partial charge >= 0.3 is 0 Å². The molecule has 0 fully saturated rings. The molecule has 0 bridgehead atoms. The topological polar surface area (TPSA) is 15.6 Å². The molecule has 2 heteroatoms. The maximum absolute atomic E-state index is 4.60. The summed E-state index contributed by atoms with van der Waals surface area (Å²) in [4.78, 5) is 7.14. The van der Waals surface area contributed by atoms with Crippen molar-refractivity contribution in [2.24, 2.45) is 10.9 Å². The van der Waals surface area contributed by atoms with E-state index in [1.165, 1.54) is 37.8 Å². The van der Waals surface area contributed by atoms with E-state index >= 15 is 0 Å². The van der Waals surface area contributed by atoms with Gasteiger partial charge in [0.05, 0.1) is 5.71 Å². The summed E-state index contributed by atoms with van der Waals surface area (Å²) in [7, 11) is 2.27. The molecule has 134 valence electrons. The predicted molar refractivity (Wildman–Crippen MR) is 106 cm³/mol. The first-order chi connectivity index (χ1) is 11.1. The van der Waals surface area contributed by atoms with Gasteiger partial charge in [-0.2, -0.15) is 0 Å². The Hall–Kier alpha value is -0.890. The lowest BCUT2D eigenvalue weighted by Gasteiger charge is -2.33. The van der Waals surface area contributed by atoms with Crippen LogP contribution in [0.15, 0.2) is 29.4 Å². The number of aliphatic imine (C=N–C) groups is 1. The summed E-state index contributed by atoms with van der Waals surface area (Å²) in [5, 5.41) is 0. The van der Waals surface area contributed by atoms with Gasteiger partial charge in [-0.25, -0.2) is 0 Å². The van der Waals surface area contributed by atoms with Crippen molar-refractivity contribution >= 4 is 5.71 Å². The minimum Gasteiger partial charge on any atom is -0.295 e. The van der Waals surface area contributed by atoms with Crippen LogP contribution in [0.2, 0.25) is 0 Å². The molecule has 0 aromatic carbocycles. The minimum absolute atomic E-state index is 0.389. The molecule has 2 atom stereocenters. The third-order valence-electron chi connectivity index (χ3n) is 4.45. The SMILES string of the molecule is CC.CCC[C@@H](CCCC(C)C)N(C)C(C)C1=NC=CCC=C1. The molecular weight excluding hydrogens is 280 g/mol. The monoisotopic (exact) mass is 320 g/mol. The van der Waals surface area contributed by atoms with Gasteiger partial charge in [0.1, 0.15) is 0 Å². The molecule has 0 aromatic rings. The van der Waals surface area contributed by atoms with Gasteiger partial charge in [0.25, 0.3) is 0 Å². The summed E-state index contributed by atoms with van der Waals surface area (Å²) in [6, 6.07) is 1.06. The van der Waals surface area contributed by atoms with Crippen molar-refractivity contribution in [1.82, 2.24) is 4.90 Å². The van der Waals surface area contributed by atoms with E-state index in [4.69, 9.17) is 0 Å². The fourth-order valence-corrected chi connectivity index (χ4v) is 2.93. The van der Waals surface area contributed by atoms with Crippen LogP contribution in [0.3, 0.4) is 0 Å². The zero-order valence-electron chi connectivity index (χ0n) is 16.7. The van der Waals surface area contributed by atoms with E-state index in [1.54, 1.807) is 0 Å². The second-order valence-corrected chi connectivity index (χ2v) is 6.69. The molecule has 0 aromatic heterocycles. The van der Waals surface area contributed by atoms with E-state index in [2.05, 4.69) is 62.9 Å². The molecule has 0 radical (unpaired) electrons. The maximum Gasteiger partial charge on any atom is 0.0569 e. The predicted octanol–water partition coefficient (Wildman–Crippen LogP) is 6.24. The number of allylic oxidation sites excluding steroid dienone is 2. The Bertz CT molecular complexity index is 366. The van der Waals surface area contributed by atoms with Gasteiger partial charge in [-0.3, -0.25) is 9.89 Å². The lowest BCUT2D eigenvalue weighted by atomic mass is 9.98. The van der Waals surface area contributed by atoms with Gasteiger partial charge in [0.2, 0.25) is 0 Å². The average Bonchev–Trinajstić information content (AvgIpc) is 2.83. The van der Waals surface area contributed by atoms with E-state index in [9.17, 15) is 0 Å². The van der Waals surface area contributed by atoms with E-state index < -0.39 is 0 Å². The zero-order chi connectivity index (χ0) is 17.7. The van der Waals surface area contributed by atoms with Crippen LogP contribution < -0.4 is 0 Å². The molecule has 1 aliphatic heterocycles. The second kappa shape index (κ2) is 13.5. The molecule has 0 N–H and O–H groups in total. The molecule has 0 aliphatic carbocycles. The number of hydrogen-bond donors (Lipinski definition) is 0. The maximum atomic E-state index is 4.60. The van der Waals surface area contributed by atoms with Crippen molar-refractivity contribution in [2.75, 3.05) is 7.05 Å². The zero-order valence-corrected chi connectivity index (χ0v) is 16.7. The number of rotatable bonds is 9. The van der Waals surface area contributed by atoms with Gasteiger partial charge in [-0.05, 0) is 45.2 Å². The van der Waals surface area contributed by atoms with Crippen LogP contribution in [0.1, 0.15) is 80.1 Å². The first-order valence-corrected chi connectivity index (χ1v) is 9.67. The molecular formula is C21H40N2. The molecule has 1 aliphatic rings. The van der Waals surface area contributed by atoms with Gasteiger partial charge in [0, 0.05) is 18.3 Å². The molecule has 1 rings (SSSR count). The van der Waals surface area contributed by atoms with Crippen molar-refractivity contribution in [3.05, 3.63) is 24.4 Å². The van der Waals surface area contributed by atoms with Gasteiger partial charge in [0.15, 0.2) is 0 Å². The number of hydrogen-bond acceptors (Lipinski definition) is 2. The fourth-order valence-electron chi connectivity index (χ4n) is 2.93. The van der Waals surface area contributed by atoms with Crippen LogP contribution in [-0.4, -0.2) is 29.7 Å².